The normalized spacial score (nSPS) is 14.1. The van der Waals surface area contributed by atoms with E-state index in [0.717, 1.165) is 115 Å². The number of esters is 4. The van der Waals surface area contributed by atoms with Crippen LogP contribution in [0.3, 0.4) is 0 Å². The van der Waals surface area contributed by atoms with Gasteiger partial charge >= 0.3 is 39.5 Å². The van der Waals surface area contributed by atoms with E-state index >= 15 is 0 Å². The summed E-state index contributed by atoms with van der Waals surface area (Å²) in [5, 5.41) is 10.6. The molecule has 5 atom stereocenters. The van der Waals surface area contributed by atoms with Crippen LogP contribution in [0.2, 0.25) is 0 Å². The molecule has 19 heteroatoms. The van der Waals surface area contributed by atoms with Crippen LogP contribution in [0.1, 0.15) is 369 Å². The van der Waals surface area contributed by atoms with E-state index in [-0.39, 0.29) is 25.7 Å². The summed E-state index contributed by atoms with van der Waals surface area (Å²) in [7, 11) is -9.92. The Morgan fingerprint density at radius 3 is 0.872 bits per heavy atom. The summed E-state index contributed by atoms with van der Waals surface area (Å²) < 4.78 is 68.4. The maximum atomic E-state index is 13.1. The molecule has 0 amide bonds. The van der Waals surface area contributed by atoms with Gasteiger partial charge in [0, 0.05) is 25.7 Å². The van der Waals surface area contributed by atoms with E-state index in [1.165, 1.54) is 173 Å². The molecule has 0 saturated carbocycles. The smallest absolute Gasteiger partial charge is 0.462 e. The molecule has 0 bridgehead atoms. The van der Waals surface area contributed by atoms with Gasteiger partial charge < -0.3 is 33.8 Å². The molecule has 0 spiro atoms. The van der Waals surface area contributed by atoms with Crippen LogP contribution in [0.4, 0.5) is 0 Å². The molecule has 0 fully saturated rings. The molecule has 0 rings (SSSR count). The molecule has 0 aromatic rings. The molecule has 3 N–H and O–H groups in total. The van der Waals surface area contributed by atoms with Crippen LogP contribution in [0.25, 0.3) is 0 Å². The number of carbonyl (C=O) groups excluding carboxylic acids is 4. The fraction of sp³-hybridized carbons (Fsp3) is 0.893. The molecule has 0 saturated heterocycles. The van der Waals surface area contributed by atoms with Crippen LogP contribution in [0.15, 0.2) is 24.3 Å². The minimum absolute atomic E-state index is 0.102. The Kier molecular flexibility index (Phi) is 65.9. The lowest BCUT2D eigenvalue weighted by molar-refractivity contribution is -0.161. The molecule has 0 radical (unpaired) electrons. The number of unbranched alkanes of at least 4 members (excludes halogenated alkanes) is 42. The lowest BCUT2D eigenvalue weighted by Gasteiger charge is -2.21. The van der Waals surface area contributed by atoms with Gasteiger partial charge in [0.2, 0.25) is 0 Å². The molecule has 94 heavy (non-hydrogen) atoms. The van der Waals surface area contributed by atoms with Crippen LogP contribution < -0.4 is 0 Å². The summed E-state index contributed by atoms with van der Waals surface area (Å²) in [6, 6.07) is 0. The second-order valence-corrected chi connectivity index (χ2v) is 29.7. The second kappa shape index (κ2) is 67.7. The molecule has 0 aliphatic rings. The van der Waals surface area contributed by atoms with E-state index in [1.807, 2.05) is 0 Å². The molecule has 554 valence electrons. The van der Waals surface area contributed by atoms with Crippen LogP contribution >= 0.6 is 15.6 Å². The minimum Gasteiger partial charge on any atom is -0.462 e. The quantitative estimate of drug-likeness (QED) is 0.0169. The maximum Gasteiger partial charge on any atom is 0.472 e. The Morgan fingerprint density at radius 2 is 0.574 bits per heavy atom. The first-order chi connectivity index (χ1) is 45.5. The lowest BCUT2D eigenvalue weighted by Crippen LogP contribution is -2.30. The standard InChI is InChI=1S/C75H142O17P2/c1-6-9-12-15-18-21-24-26-28-30-32-35-40-45-50-55-60-74(79)91-70(64-86-73(78)59-54-49-44-39-34-31-29-27-25-22-19-16-13-10-7-2)66-89-93(81,82)87-62-69(76)63-88-94(83,84)90-67-71(65-85-72(77)58-53-48-43-38-33-23-20-17-14-11-8-3)92-75(80)61-56-51-46-41-36-37-42-47-52-57-68(4)5/h22,25,27,29,68-71,76H,6-21,23-24,26,28,30-67H2,1-5H3,(H,81,82)(H,83,84)/b25-22-,29-27-/t69-,70-,71-/m1/s1. The van der Waals surface area contributed by atoms with Crippen molar-refractivity contribution >= 4 is 39.5 Å². The van der Waals surface area contributed by atoms with Crippen LogP contribution in [-0.2, 0) is 65.4 Å². The van der Waals surface area contributed by atoms with E-state index in [0.29, 0.717) is 25.7 Å². The number of phosphoric acid groups is 2. The van der Waals surface area contributed by atoms with Gasteiger partial charge in [0.25, 0.3) is 0 Å². The molecule has 2 unspecified atom stereocenters. The highest BCUT2D eigenvalue weighted by Crippen LogP contribution is 2.45. The third-order valence-corrected chi connectivity index (χ3v) is 18.8. The van der Waals surface area contributed by atoms with Gasteiger partial charge in [-0.05, 0) is 57.3 Å². The molecule has 0 heterocycles. The third kappa shape index (κ3) is 68.1. The second-order valence-electron chi connectivity index (χ2n) is 26.8. The molecule has 0 aromatic heterocycles. The van der Waals surface area contributed by atoms with Gasteiger partial charge in [-0.2, -0.15) is 0 Å². The van der Waals surface area contributed by atoms with Crippen molar-refractivity contribution in [3.05, 3.63) is 24.3 Å². The summed E-state index contributed by atoms with van der Waals surface area (Å²) in [4.78, 5) is 72.7. The van der Waals surface area contributed by atoms with E-state index in [9.17, 15) is 43.2 Å². The van der Waals surface area contributed by atoms with Gasteiger partial charge in [0.15, 0.2) is 12.2 Å². The van der Waals surface area contributed by atoms with Gasteiger partial charge in [-0.3, -0.25) is 37.3 Å². The number of carbonyl (C=O) groups is 4. The van der Waals surface area contributed by atoms with Crippen molar-refractivity contribution in [2.45, 2.75) is 387 Å². The summed E-state index contributed by atoms with van der Waals surface area (Å²) in [6.45, 7) is 7.19. The maximum absolute atomic E-state index is 13.1. The fourth-order valence-electron chi connectivity index (χ4n) is 11.0. The van der Waals surface area contributed by atoms with Crippen molar-refractivity contribution in [1.82, 2.24) is 0 Å². The van der Waals surface area contributed by atoms with E-state index in [2.05, 4.69) is 58.9 Å². The number of aliphatic hydroxyl groups excluding tert-OH is 1. The van der Waals surface area contributed by atoms with E-state index in [4.69, 9.17) is 37.0 Å². The first kappa shape index (κ1) is 91.5. The summed E-state index contributed by atoms with van der Waals surface area (Å²) in [5.41, 5.74) is 0. The monoisotopic (exact) mass is 1380 g/mol. The van der Waals surface area contributed by atoms with Gasteiger partial charge in [-0.15, -0.1) is 0 Å². The highest BCUT2D eigenvalue weighted by molar-refractivity contribution is 7.47. The Bertz CT molecular complexity index is 1900. The van der Waals surface area contributed by atoms with Crippen molar-refractivity contribution in [3.63, 3.8) is 0 Å². The lowest BCUT2D eigenvalue weighted by atomic mass is 10.0. The number of hydrogen-bond acceptors (Lipinski definition) is 15. The topological polar surface area (TPSA) is 237 Å². The highest BCUT2D eigenvalue weighted by Gasteiger charge is 2.30. The first-order valence-electron chi connectivity index (χ1n) is 38.5. The highest BCUT2D eigenvalue weighted by atomic mass is 31.2. The number of aliphatic hydroxyl groups is 1. The average molecular weight is 1380 g/mol. The van der Waals surface area contributed by atoms with Crippen molar-refractivity contribution in [2.75, 3.05) is 39.6 Å². The molecule has 0 aromatic carbocycles. The predicted octanol–water partition coefficient (Wildman–Crippen LogP) is 21.6. The zero-order chi connectivity index (χ0) is 69.1. The van der Waals surface area contributed by atoms with Crippen molar-refractivity contribution in [3.8, 4) is 0 Å². The third-order valence-electron chi connectivity index (χ3n) is 16.9. The summed E-state index contributed by atoms with van der Waals surface area (Å²) >= 11 is 0. The predicted molar refractivity (Wildman–Crippen MR) is 381 cm³/mol. The van der Waals surface area contributed by atoms with Crippen molar-refractivity contribution in [1.29, 1.82) is 0 Å². The summed E-state index contributed by atoms with van der Waals surface area (Å²) in [5.74, 6) is -1.41. The molecule has 17 nitrogen and oxygen atoms in total. The zero-order valence-corrected chi connectivity index (χ0v) is 62.4. The molecular weight excluding hydrogens is 1230 g/mol. The van der Waals surface area contributed by atoms with Crippen molar-refractivity contribution < 1.29 is 80.2 Å². The Labute approximate surface area is 573 Å². The van der Waals surface area contributed by atoms with Gasteiger partial charge in [0.05, 0.1) is 26.4 Å². The number of allylic oxidation sites excluding steroid dienone is 4. The Hall–Kier alpha value is -2.46. The zero-order valence-electron chi connectivity index (χ0n) is 60.6. The van der Waals surface area contributed by atoms with Gasteiger partial charge in [-0.1, -0.05) is 316 Å². The molecular formula is C75H142O17P2. The minimum atomic E-state index is -4.96. The SMILES string of the molecule is CCCCCC/C=C\C=C/CCCCCCCC(=O)OC[C@H](COP(=O)(O)OC[C@@H](O)COP(=O)(O)OC[C@@H](COC(=O)CCCCCCCCCCCCC)OC(=O)CCCCCCCCCCCC(C)C)OC(=O)CCCCCCCCCCCCCCCCCC. The van der Waals surface area contributed by atoms with Crippen molar-refractivity contribution in [2.24, 2.45) is 5.92 Å². The van der Waals surface area contributed by atoms with Gasteiger partial charge in [-0.25, -0.2) is 9.13 Å². The van der Waals surface area contributed by atoms with Crippen LogP contribution in [0, 0.1) is 5.92 Å². The Balaban J connectivity index is 5.29. The Morgan fingerprint density at radius 1 is 0.330 bits per heavy atom. The number of phosphoric ester groups is 2. The average Bonchev–Trinajstić information content (AvgIpc) is 1.38. The number of hydrogen-bond donors (Lipinski definition) is 3. The summed E-state index contributed by atoms with van der Waals surface area (Å²) in [6.07, 6.45) is 59.0. The van der Waals surface area contributed by atoms with Crippen LogP contribution in [0.5, 0.6) is 0 Å². The number of rotatable bonds is 73. The van der Waals surface area contributed by atoms with E-state index < -0.39 is 97.5 Å². The first-order valence-corrected chi connectivity index (χ1v) is 41.4. The largest absolute Gasteiger partial charge is 0.472 e. The number of ether oxygens (including phenoxy) is 4. The molecule has 0 aliphatic heterocycles. The molecule has 0 aliphatic carbocycles. The van der Waals surface area contributed by atoms with Crippen LogP contribution in [-0.4, -0.2) is 96.7 Å². The fourth-order valence-corrected chi connectivity index (χ4v) is 12.6. The van der Waals surface area contributed by atoms with Gasteiger partial charge in [0.1, 0.15) is 19.3 Å². The van der Waals surface area contributed by atoms with E-state index in [1.54, 1.807) is 0 Å².